The number of hydrogen-bond acceptors (Lipinski definition) is 4. The van der Waals surface area contributed by atoms with Gasteiger partial charge in [-0.2, -0.15) is 0 Å². The number of aliphatic imine (C=N–C) groups is 1. The Morgan fingerprint density at radius 1 is 1.23 bits per heavy atom. The Kier molecular flexibility index (Phi) is 7.98. The number of fused-ring (bicyclic) bond motifs is 1. The number of halogens is 1. The summed E-state index contributed by atoms with van der Waals surface area (Å²) in [6.07, 6.45) is 3.87. The van der Waals surface area contributed by atoms with Gasteiger partial charge in [-0.05, 0) is 43.7 Å². The number of hydrogen-bond donors (Lipinski definition) is 3. The zero-order valence-corrected chi connectivity index (χ0v) is 20.1. The Balaban J connectivity index is 0.00000256. The van der Waals surface area contributed by atoms with Crippen molar-refractivity contribution in [3.63, 3.8) is 0 Å². The number of piperazine rings is 1. The number of nitrogens with zero attached hydrogens (tertiary/aromatic N) is 3. The van der Waals surface area contributed by atoms with Gasteiger partial charge in [-0.3, -0.25) is 9.69 Å². The molecule has 4 rings (SSSR count). The van der Waals surface area contributed by atoms with E-state index in [4.69, 9.17) is 4.99 Å². The quantitative estimate of drug-likeness (QED) is 0.296. The first-order chi connectivity index (χ1) is 14.1. The summed E-state index contributed by atoms with van der Waals surface area (Å²) < 4.78 is 0. The molecule has 1 atom stereocenters. The number of carbonyl (C=O) groups excluding carboxylic acids is 1. The van der Waals surface area contributed by atoms with Crippen LogP contribution < -0.4 is 10.6 Å². The van der Waals surface area contributed by atoms with Crippen molar-refractivity contribution in [3.8, 4) is 0 Å². The molecule has 1 heterocycles. The molecular weight excluding hydrogens is 493 g/mol. The van der Waals surface area contributed by atoms with Crippen molar-refractivity contribution in [1.29, 1.82) is 0 Å². The molecule has 1 unspecified atom stereocenters. The molecule has 2 aliphatic carbocycles. The van der Waals surface area contributed by atoms with Crippen molar-refractivity contribution in [2.45, 2.75) is 44.2 Å². The Hall–Kier alpha value is -1.39. The fourth-order valence-electron chi connectivity index (χ4n) is 4.29. The lowest BCUT2D eigenvalue weighted by Crippen LogP contribution is -2.54. The smallest absolute Gasteiger partial charge is 0.234 e. The van der Waals surface area contributed by atoms with Crippen LogP contribution >= 0.6 is 24.0 Å². The van der Waals surface area contributed by atoms with Gasteiger partial charge in [-0.1, -0.05) is 24.3 Å². The van der Waals surface area contributed by atoms with Gasteiger partial charge < -0.3 is 20.6 Å². The van der Waals surface area contributed by atoms with Gasteiger partial charge in [-0.15, -0.1) is 24.0 Å². The number of carbonyl (C=O) groups is 1. The summed E-state index contributed by atoms with van der Waals surface area (Å²) in [5.74, 6) is 0.996. The average molecular weight is 527 g/mol. The van der Waals surface area contributed by atoms with E-state index >= 15 is 0 Å². The summed E-state index contributed by atoms with van der Waals surface area (Å²) in [7, 11) is 0. The predicted molar refractivity (Wildman–Crippen MR) is 129 cm³/mol. The average Bonchev–Trinajstić information content (AvgIpc) is 3.48. The second-order valence-electron chi connectivity index (χ2n) is 8.46. The lowest BCUT2D eigenvalue weighted by Gasteiger charge is -2.36. The highest BCUT2D eigenvalue weighted by atomic mass is 127. The minimum atomic E-state index is -0.875. The Morgan fingerprint density at radius 3 is 2.67 bits per heavy atom. The van der Waals surface area contributed by atoms with E-state index < -0.39 is 5.60 Å². The van der Waals surface area contributed by atoms with E-state index in [2.05, 4.69) is 33.4 Å². The SMILES string of the molecule is CCNC(=NCC1(O)CCc2ccccc21)N1CCN(CC(=O)NC2CC2)CC1.I. The molecule has 7 nitrogen and oxygen atoms in total. The fourth-order valence-corrected chi connectivity index (χ4v) is 4.29. The van der Waals surface area contributed by atoms with E-state index in [1.165, 1.54) is 5.56 Å². The maximum Gasteiger partial charge on any atom is 0.234 e. The molecule has 1 saturated heterocycles. The van der Waals surface area contributed by atoms with Crippen LogP contribution in [0.5, 0.6) is 0 Å². The van der Waals surface area contributed by atoms with Gasteiger partial charge in [0.2, 0.25) is 5.91 Å². The van der Waals surface area contributed by atoms with Crippen LogP contribution in [0, 0.1) is 0 Å². The molecule has 30 heavy (non-hydrogen) atoms. The van der Waals surface area contributed by atoms with Crippen molar-refractivity contribution in [2.75, 3.05) is 45.8 Å². The van der Waals surface area contributed by atoms with E-state index in [1.54, 1.807) is 0 Å². The first-order valence-corrected chi connectivity index (χ1v) is 10.9. The van der Waals surface area contributed by atoms with Crippen molar-refractivity contribution in [1.82, 2.24) is 20.4 Å². The molecule has 1 saturated carbocycles. The number of benzene rings is 1. The second-order valence-corrected chi connectivity index (χ2v) is 8.46. The number of rotatable bonds is 6. The largest absolute Gasteiger partial charge is 0.383 e. The van der Waals surface area contributed by atoms with Gasteiger partial charge in [0.1, 0.15) is 5.60 Å². The summed E-state index contributed by atoms with van der Waals surface area (Å²) in [6.45, 7) is 7.05. The van der Waals surface area contributed by atoms with Crippen molar-refractivity contribution in [2.24, 2.45) is 4.99 Å². The van der Waals surface area contributed by atoms with Crippen LogP contribution in [0.3, 0.4) is 0 Å². The molecule has 2 fully saturated rings. The standard InChI is InChI=1S/C22H33N5O2.HI/c1-2-23-21(24-16-22(29)10-9-17-5-3-4-6-19(17)22)27-13-11-26(12-14-27)15-20(28)25-18-7-8-18;/h3-6,18,29H,2,7-16H2,1H3,(H,23,24)(H,25,28);1H. The highest BCUT2D eigenvalue weighted by Crippen LogP contribution is 2.36. The normalized spacial score (nSPS) is 24.2. The van der Waals surface area contributed by atoms with E-state index in [9.17, 15) is 9.90 Å². The predicted octanol–water partition coefficient (Wildman–Crippen LogP) is 1.30. The van der Waals surface area contributed by atoms with Crippen LogP contribution in [0.15, 0.2) is 29.3 Å². The van der Waals surface area contributed by atoms with Gasteiger partial charge in [0.15, 0.2) is 5.96 Å². The van der Waals surface area contributed by atoms with Crippen molar-refractivity contribution >= 4 is 35.8 Å². The lowest BCUT2D eigenvalue weighted by molar-refractivity contribution is -0.122. The third-order valence-electron chi connectivity index (χ3n) is 6.13. The van der Waals surface area contributed by atoms with Gasteiger partial charge in [-0.25, -0.2) is 4.99 Å². The molecule has 0 bridgehead atoms. The van der Waals surface area contributed by atoms with Crippen LogP contribution in [-0.2, 0) is 16.8 Å². The number of nitrogens with one attached hydrogen (secondary N) is 2. The summed E-state index contributed by atoms with van der Waals surface area (Å²) in [5, 5.41) is 17.6. The molecule has 1 aromatic rings. The molecule has 166 valence electrons. The first-order valence-electron chi connectivity index (χ1n) is 10.9. The highest BCUT2D eigenvalue weighted by molar-refractivity contribution is 14.0. The van der Waals surface area contributed by atoms with Crippen molar-refractivity contribution < 1.29 is 9.90 Å². The third kappa shape index (κ3) is 5.64. The van der Waals surface area contributed by atoms with Crippen LogP contribution in [0.2, 0.25) is 0 Å². The molecule has 1 amide bonds. The Labute approximate surface area is 196 Å². The van der Waals surface area contributed by atoms with Crippen molar-refractivity contribution in [3.05, 3.63) is 35.4 Å². The topological polar surface area (TPSA) is 80.2 Å². The monoisotopic (exact) mass is 527 g/mol. The Bertz CT molecular complexity index is 762. The van der Waals surface area contributed by atoms with E-state index in [1.807, 2.05) is 18.2 Å². The summed E-state index contributed by atoms with van der Waals surface area (Å²) in [4.78, 5) is 21.3. The third-order valence-corrected chi connectivity index (χ3v) is 6.13. The molecular formula is C22H34IN5O2. The van der Waals surface area contributed by atoms with E-state index in [-0.39, 0.29) is 29.9 Å². The summed E-state index contributed by atoms with van der Waals surface area (Å²) in [5.41, 5.74) is 1.37. The number of amides is 1. The zero-order valence-electron chi connectivity index (χ0n) is 17.8. The highest BCUT2D eigenvalue weighted by Gasteiger charge is 2.36. The molecule has 0 aromatic heterocycles. The van der Waals surface area contributed by atoms with E-state index in [0.29, 0.717) is 19.1 Å². The van der Waals surface area contributed by atoms with Gasteiger partial charge >= 0.3 is 0 Å². The second kappa shape index (κ2) is 10.3. The van der Waals surface area contributed by atoms with Crippen LogP contribution in [0.25, 0.3) is 0 Å². The number of aryl methyl sites for hydroxylation is 1. The first kappa shape index (κ1) is 23.3. The van der Waals surface area contributed by atoms with Crippen LogP contribution in [0.4, 0.5) is 0 Å². The minimum absolute atomic E-state index is 0. The number of guanidine groups is 1. The molecule has 3 aliphatic rings. The molecule has 0 radical (unpaired) electrons. The van der Waals surface area contributed by atoms with Crippen LogP contribution in [0.1, 0.15) is 37.3 Å². The molecule has 1 aromatic carbocycles. The minimum Gasteiger partial charge on any atom is -0.383 e. The maximum atomic E-state index is 12.0. The summed E-state index contributed by atoms with van der Waals surface area (Å²) >= 11 is 0. The van der Waals surface area contributed by atoms with Gasteiger partial charge in [0, 0.05) is 38.8 Å². The molecule has 3 N–H and O–H groups in total. The Morgan fingerprint density at radius 2 is 1.97 bits per heavy atom. The lowest BCUT2D eigenvalue weighted by atomic mass is 9.96. The number of aliphatic hydroxyl groups is 1. The molecule has 1 aliphatic heterocycles. The van der Waals surface area contributed by atoms with Crippen LogP contribution in [-0.4, -0.2) is 78.6 Å². The maximum absolute atomic E-state index is 12.0. The molecule has 8 heteroatoms. The zero-order chi connectivity index (χ0) is 20.3. The summed E-state index contributed by atoms with van der Waals surface area (Å²) in [6, 6.07) is 8.56. The fraction of sp³-hybridized carbons (Fsp3) is 0.636. The molecule has 0 spiro atoms. The van der Waals surface area contributed by atoms with Gasteiger partial charge in [0.25, 0.3) is 0 Å². The van der Waals surface area contributed by atoms with Gasteiger partial charge in [0.05, 0.1) is 13.1 Å². The van der Waals surface area contributed by atoms with E-state index in [0.717, 1.165) is 69.9 Å².